The van der Waals surface area contributed by atoms with E-state index in [1.807, 2.05) is 6.92 Å². The quantitative estimate of drug-likeness (QED) is 0.378. The van der Waals surface area contributed by atoms with E-state index in [2.05, 4.69) is 15.6 Å². The van der Waals surface area contributed by atoms with Gasteiger partial charge in [0.15, 0.2) is 12.2 Å². The second-order valence-electron chi connectivity index (χ2n) is 8.72. The number of hydrogen-bond donors (Lipinski definition) is 5. The molecule has 0 aliphatic heterocycles. The molecule has 3 aromatic rings. The van der Waals surface area contributed by atoms with Gasteiger partial charge in [0.25, 0.3) is 11.8 Å². The third-order valence-corrected chi connectivity index (χ3v) is 4.68. The Morgan fingerprint density at radius 2 is 1.50 bits per heavy atom. The molecule has 1 aromatic heterocycles. The lowest BCUT2D eigenvalue weighted by Crippen LogP contribution is -2.45. The van der Waals surface area contributed by atoms with Crippen LogP contribution in [-0.2, 0) is 14.3 Å². The van der Waals surface area contributed by atoms with Crippen LogP contribution in [0.4, 0.5) is 22.1 Å². The summed E-state index contributed by atoms with van der Waals surface area (Å²) in [6, 6.07) is 11.2. The molecule has 1 heterocycles. The minimum Gasteiger partial charge on any atom is -0.443 e. The van der Waals surface area contributed by atoms with Crippen LogP contribution < -0.4 is 16.4 Å². The Morgan fingerprint density at radius 3 is 2.06 bits per heavy atom. The molecule has 34 heavy (non-hydrogen) atoms. The van der Waals surface area contributed by atoms with Crippen LogP contribution in [0, 0.1) is 6.92 Å². The van der Waals surface area contributed by atoms with E-state index in [-0.39, 0.29) is 17.2 Å². The maximum atomic E-state index is 12.5. The van der Waals surface area contributed by atoms with Crippen LogP contribution in [0.15, 0.2) is 42.5 Å². The number of rotatable bonds is 5. The highest BCUT2D eigenvalue weighted by molar-refractivity contribution is 6.03. The van der Waals surface area contributed by atoms with E-state index < -0.39 is 35.7 Å². The highest BCUT2D eigenvalue weighted by Crippen LogP contribution is 2.24. The summed E-state index contributed by atoms with van der Waals surface area (Å²) < 4.78 is 6.39. The number of amides is 2. The summed E-state index contributed by atoms with van der Waals surface area (Å²) in [6.45, 7) is 6.98. The van der Waals surface area contributed by atoms with Gasteiger partial charge in [0.1, 0.15) is 5.60 Å². The number of nitrogens with two attached hydrogens (primary N) is 1. The van der Waals surface area contributed by atoms with Gasteiger partial charge in [-0.2, -0.15) is 0 Å². The minimum absolute atomic E-state index is 0.101. The number of carbonyl (C=O) groups is 3. The number of carbonyl (C=O) groups excluding carboxylic acids is 3. The lowest BCUT2D eigenvalue weighted by atomic mass is 10.1. The lowest BCUT2D eigenvalue weighted by molar-refractivity contribution is -0.139. The summed E-state index contributed by atoms with van der Waals surface area (Å²) in [4.78, 5) is 41.3. The molecule has 0 fully saturated rings. The average Bonchev–Trinajstić information content (AvgIpc) is 3.08. The molecule has 0 aliphatic rings. The molecule has 2 atom stereocenters. The number of aryl methyl sites for hydroxylation is 1. The molecule has 11 nitrogen and oxygen atoms in total. The van der Waals surface area contributed by atoms with Gasteiger partial charge in [0.05, 0.1) is 11.0 Å². The summed E-state index contributed by atoms with van der Waals surface area (Å²) in [5.74, 6) is -2.07. The minimum atomic E-state index is -2.05. The number of fused-ring (bicyclic) bond motifs is 1. The SMILES string of the molecule is Cc1ccc(NC(=O)[C@H](O)[C@@H](O)C(=O)Nc2ccc3nc(N)n(C(=O)OC(C)(C)C)c3c2)cc1. The van der Waals surface area contributed by atoms with Crippen LogP contribution in [0.3, 0.4) is 0 Å². The first-order valence-corrected chi connectivity index (χ1v) is 10.4. The molecule has 0 aliphatic carbocycles. The van der Waals surface area contributed by atoms with Crippen LogP contribution in [0.5, 0.6) is 0 Å². The lowest BCUT2D eigenvalue weighted by Gasteiger charge is -2.20. The van der Waals surface area contributed by atoms with Crippen molar-refractivity contribution in [2.45, 2.75) is 45.5 Å². The molecular weight excluding hydrogens is 442 g/mol. The molecule has 0 radical (unpaired) electrons. The zero-order valence-electron chi connectivity index (χ0n) is 19.2. The van der Waals surface area contributed by atoms with Gasteiger partial charge in [-0.3, -0.25) is 9.59 Å². The molecule has 0 unspecified atom stereocenters. The van der Waals surface area contributed by atoms with Gasteiger partial charge in [0, 0.05) is 11.4 Å². The van der Waals surface area contributed by atoms with Gasteiger partial charge >= 0.3 is 6.09 Å². The number of imidazole rings is 1. The first-order valence-electron chi connectivity index (χ1n) is 10.4. The molecule has 2 amide bonds. The van der Waals surface area contributed by atoms with Gasteiger partial charge < -0.3 is 31.3 Å². The number of anilines is 3. The second-order valence-corrected chi connectivity index (χ2v) is 8.72. The fourth-order valence-corrected chi connectivity index (χ4v) is 3.03. The van der Waals surface area contributed by atoms with Crippen LogP contribution in [0.2, 0.25) is 0 Å². The molecule has 0 spiro atoms. The fraction of sp³-hybridized carbons (Fsp3) is 0.304. The number of hydrogen-bond acceptors (Lipinski definition) is 8. The van der Waals surface area contributed by atoms with Crippen LogP contribution >= 0.6 is 0 Å². The summed E-state index contributed by atoms with van der Waals surface area (Å²) in [5, 5.41) is 25.2. The van der Waals surface area contributed by atoms with Gasteiger partial charge in [-0.15, -0.1) is 0 Å². The zero-order chi connectivity index (χ0) is 25.2. The number of ether oxygens (including phenoxy) is 1. The smallest absolute Gasteiger partial charge is 0.421 e. The van der Waals surface area contributed by atoms with Crippen LogP contribution in [0.1, 0.15) is 26.3 Å². The number of nitrogen functional groups attached to an aromatic ring is 1. The van der Waals surface area contributed by atoms with E-state index >= 15 is 0 Å². The fourth-order valence-electron chi connectivity index (χ4n) is 3.03. The Hall–Kier alpha value is -3.96. The van der Waals surface area contributed by atoms with Crippen molar-refractivity contribution in [3.63, 3.8) is 0 Å². The van der Waals surface area contributed by atoms with Gasteiger partial charge in [-0.05, 0) is 58.0 Å². The van der Waals surface area contributed by atoms with Crippen molar-refractivity contribution in [2.24, 2.45) is 0 Å². The normalized spacial score (nSPS) is 13.2. The predicted octanol–water partition coefficient (Wildman–Crippen LogP) is 2.01. The van der Waals surface area contributed by atoms with E-state index in [0.29, 0.717) is 11.2 Å². The van der Waals surface area contributed by atoms with Crippen molar-refractivity contribution in [3.8, 4) is 0 Å². The van der Waals surface area contributed by atoms with Crippen molar-refractivity contribution in [1.29, 1.82) is 0 Å². The van der Waals surface area contributed by atoms with Crippen LogP contribution in [0.25, 0.3) is 11.0 Å². The molecule has 0 saturated heterocycles. The molecule has 0 saturated carbocycles. The maximum Gasteiger partial charge on any atom is 0.421 e. The van der Waals surface area contributed by atoms with Crippen molar-refractivity contribution in [1.82, 2.24) is 9.55 Å². The Morgan fingerprint density at radius 1 is 0.971 bits per heavy atom. The highest BCUT2D eigenvalue weighted by atomic mass is 16.6. The Kier molecular flexibility index (Phi) is 6.89. The number of aromatic nitrogens is 2. The molecule has 6 N–H and O–H groups in total. The van der Waals surface area contributed by atoms with Gasteiger partial charge in [-0.25, -0.2) is 14.3 Å². The number of aliphatic hydroxyl groups excluding tert-OH is 2. The Balaban J connectivity index is 1.74. The van der Waals surface area contributed by atoms with Crippen molar-refractivity contribution in [2.75, 3.05) is 16.4 Å². The van der Waals surface area contributed by atoms with Crippen molar-refractivity contribution >= 4 is 46.3 Å². The van der Waals surface area contributed by atoms with Crippen molar-refractivity contribution in [3.05, 3.63) is 48.0 Å². The maximum absolute atomic E-state index is 12.5. The summed E-state index contributed by atoms with van der Waals surface area (Å²) in [6.07, 6.45) is -4.82. The van der Waals surface area contributed by atoms with Gasteiger partial charge in [-0.1, -0.05) is 17.7 Å². The number of nitrogens with zero attached hydrogens (tertiary/aromatic N) is 2. The van der Waals surface area contributed by atoms with Gasteiger partial charge in [0.2, 0.25) is 5.95 Å². The van der Waals surface area contributed by atoms with E-state index in [0.717, 1.165) is 10.1 Å². The molecule has 11 heteroatoms. The standard InChI is InChI=1S/C23H27N5O6/c1-12-5-7-13(8-6-12)25-19(31)17(29)18(30)20(32)26-14-9-10-15-16(11-14)28(21(24)27-15)22(33)34-23(2,3)4/h5-11,17-18,29-30H,1-4H3,(H2,24,27)(H,25,31)(H,26,32)/t17-,18-/m1/s1. The first-order chi connectivity index (χ1) is 15.9. The highest BCUT2D eigenvalue weighted by Gasteiger charge is 2.31. The van der Waals surface area contributed by atoms with Crippen molar-refractivity contribution < 1.29 is 29.3 Å². The molecule has 180 valence electrons. The second kappa shape index (κ2) is 9.49. The predicted molar refractivity (Wildman–Crippen MR) is 126 cm³/mol. The Bertz CT molecular complexity index is 1230. The largest absolute Gasteiger partial charge is 0.443 e. The molecular formula is C23H27N5O6. The third kappa shape index (κ3) is 5.69. The van der Waals surface area contributed by atoms with E-state index in [1.54, 1.807) is 45.0 Å². The number of nitrogens with one attached hydrogen (secondary N) is 2. The molecule has 3 rings (SSSR count). The topological polar surface area (TPSA) is 169 Å². The summed E-state index contributed by atoms with van der Waals surface area (Å²) >= 11 is 0. The van der Waals surface area contributed by atoms with E-state index in [1.165, 1.54) is 18.2 Å². The monoisotopic (exact) mass is 469 g/mol. The van der Waals surface area contributed by atoms with Crippen LogP contribution in [-0.4, -0.2) is 55.5 Å². The molecule has 0 bridgehead atoms. The summed E-state index contributed by atoms with van der Waals surface area (Å²) in [5.41, 5.74) is 7.28. The molecule has 2 aromatic carbocycles. The van der Waals surface area contributed by atoms with E-state index in [4.69, 9.17) is 10.5 Å². The summed E-state index contributed by atoms with van der Waals surface area (Å²) in [7, 11) is 0. The number of aliphatic hydroxyl groups is 2. The number of benzene rings is 2. The van der Waals surface area contributed by atoms with E-state index in [9.17, 15) is 24.6 Å². The zero-order valence-corrected chi connectivity index (χ0v) is 19.2. The first kappa shape index (κ1) is 24.7. The third-order valence-electron chi connectivity index (χ3n) is 4.68. The Labute approximate surface area is 195 Å². The average molecular weight is 469 g/mol.